The van der Waals surface area contributed by atoms with Gasteiger partial charge in [-0.25, -0.2) is 0 Å². The van der Waals surface area contributed by atoms with Gasteiger partial charge in [-0.3, -0.25) is 4.90 Å². The molecule has 0 N–H and O–H groups in total. The fourth-order valence-electron chi connectivity index (χ4n) is 5.61. The Morgan fingerprint density at radius 1 is 0.862 bits per heavy atom. The largest absolute Gasteiger partial charge is 0.299 e. The molecule has 1 aliphatic rings. The predicted molar refractivity (Wildman–Crippen MR) is 132 cm³/mol. The van der Waals surface area contributed by atoms with Crippen molar-refractivity contribution in [3.05, 3.63) is 11.1 Å². The van der Waals surface area contributed by atoms with Crippen molar-refractivity contribution in [1.29, 1.82) is 0 Å². The van der Waals surface area contributed by atoms with Crippen LogP contribution in [0.4, 0.5) is 0 Å². The lowest BCUT2D eigenvalue weighted by molar-refractivity contribution is 0.203. The summed E-state index contributed by atoms with van der Waals surface area (Å²) in [4.78, 5) is 2.82. The molecule has 0 aromatic carbocycles. The van der Waals surface area contributed by atoms with Gasteiger partial charge in [-0.15, -0.1) is 0 Å². The molecule has 1 nitrogen and oxygen atoms in total. The number of allylic oxidation sites excluding steroid dienone is 1. The SMILES string of the molecule is CCCCCCCC1=C(C(C)C)CN(CCC(C)CCCC)CC(C)C1C(C)C. The van der Waals surface area contributed by atoms with Crippen LogP contribution in [0.25, 0.3) is 0 Å². The molecule has 1 rings (SSSR count). The van der Waals surface area contributed by atoms with Gasteiger partial charge in [0.1, 0.15) is 0 Å². The van der Waals surface area contributed by atoms with E-state index in [1.54, 1.807) is 5.57 Å². The molecule has 0 aromatic rings. The minimum atomic E-state index is 0.687. The Bertz CT molecular complexity index is 447. The molecule has 0 amide bonds. The van der Waals surface area contributed by atoms with Crippen molar-refractivity contribution in [1.82, 2.24) is 4.90 Å². The summed E-state index contributed by atoms with van der Waals surface area (Å²) in [6.07, 6.45) is 13.9. The van der Waals surface area contributed by atoms with Crippen LogP contribution in [0.1, 0.15) is 120 Å². The maximum atomic E-state index is 2.82. The van der Waals surface area contributed by atoms with Gasteiger partial charge in [0.15, 0.2) is 0 Å². The highest BCUT2D eigenvalue weighted by Gasteiger charge is 2.32. The first-order valence-corrected chi connectivity index (χ1v) is 13.3. The molecule has 0 aromatic heterocycles. The summed E-state index contributed by atoms with van der Waals surface area (Å²) < 4.78 is 0. The van der Waals surface area contributed by atoms with E-state index in [1.807, 2.05) is 5.57 Å². The van der Waals surface area contributed by atoms with Crippen molar-refractivity contribution in [2.45, 2.75) is 120 Å². The fraction of sp³-hybridized carbons (Fsp3) is 0.929. The summed E-state index contributed by atoms with van der Waals surface area (Å²) in [6, 6.07) is 0. The summed E-state index contributed by atoms with van der Waals surface area (Å²) in [5.41, 5.74) is 3.66. The highest BCUT2D eigenvalue weighted by Crippen LogP contribution is 2.39. The molecule has 1 heteroatoms. The van der Waals surface area contributed by atoms with Crippen molar-refractivity contribution >= 4 is 0 Å². The van der Waals surface area contributed by atoms with Gasteiger partial charge in [-0.2, -0.15) is 0 Å². The van der Waals surface area contributed by atoms with Gasteiger partial charge >= 0.3 is 0 Å². The maximum Gasteiger partial charge on any atom is 0.0198 e. The zero-order valence-corrected chi connectivity index (χ0v) is 21.5. The second kappa shape index (κ2) is 14.7. The van der Waals surface area contributed by atoms with Crippen LogP contribution in [0.5, 0.6) is 0 Å². The van der Waals surface area contributed by atoms with Crippen LogP contribution < -0.4 is 0 Å². The van der Waals surface area contributed by atoms with Gasteiger partial charge < -0.3 is 0 Å². The molecule has 172 valence electrons. The third-order valence-corrected chi connectivity index (χ3v) is 7.32. The summed E-state index contributed by atoms with van der Waals surface area (Å²) in [5.74, 6) is 3.88. The second-order valence-electron chi connectivity index (χ2n) is 10.9. The fourth-order valence-corrected chi connectivity index (χ4v) is 5.61. The van der Waals surface area contributed by atoms with Gasteiger partial charge in [0.05, 0.1) is 0 Å². The number of hydrogen-bond acceptors (Lipinski definition) is 1. The minimum Gasteiger partial charge on any atom is -0.299 e. The van der Waals surface area contributed by atoms with Crippen molar-refractivity contribution in [3.63, 3.8) is 0 Å². The second-order valence-corrected chi connectivity index (χ2v) is 10.9. The lowest BCUT2D eigenvalue weighted by Crippen LogP contribution is -2.33. The molecule has 0 radical (unpaired) electrons. The highest BCUT2D eigenvalue weighted by molar-refractivity contribution is 5.24. The van der Waals surface area contributed by atoms with Gasteiger partial charge in [-0.05, 0) is 55.4 Å². The van der Waals surface area contributed by atoms with E-state index in [0.717, 1.165) is 23.7 Å². The molecule has 29 heavy (non-hydrogen) atoms. The monoisotopic (exact) mass is 405 g/mol. The Morgan fingerprint density at radius 3 is 2.10 bits per heavy atom. The van der Waals surface area contributed by atoms with Crippen LogP contribution in [-0.2, 0) is 0 Å². The Labute approximate surface area is 185 Å². The Hall–Kier alpha value is -0.300. The summed E-state index contributed by atoms with van der Waals surface area (Å²) in [7, 11) is 0. The van der Waals surface area contributed by atoms with E-state index in [-0.39, 0.29) is 0 Å². The zero-order chi connectivity index (χ0) is 21.8. The van der Waals surface area contributed by atoms with Crippen molar-refractivity contribution in [2.75, 3.05) is 19.6 Å². The Morgan fingerprint density at radius 2 is 1.52 bits per heavy atom. The number of hydrogen-bond donors (Lipinski definition) is 0. The lowest BCUT2D eigenvalue weighted by atomic mass is 9.74. The molecule has 1 aliphatic heterocycles. The van der Waals surface area contributed by atoms with Crippen LogP contribution in [0.3, 0.4) is 0 Å². The van der Waals surface area contributed by atoms with Gasteiger partial charge in [0.2, 0.25) is 0 Å². The van der Waals surface area contributed by atoms with Crippen LogP contribution >= 0.6 is 0 Å². The smallest absolute Gasteiger partial charge is 0.0198 e. The molecular weight excluding hydrogens is 350 g/mol. The molecule has 3 unspecified atom stereocenters. The molecule has 1 heterocycles. The topological polar surface area (TPSA) is 3.24 Å². The predicted octanol–water partition coefficient (Wildman–Crippen LogP) is 8.74. The third-order valence-electron chi connectivity index (χ3n) is 7.32. The average molecular weight is 406 g/mol. The third kappa shape index (κ3) is 9.58. The molecule has 0 fully saturated rings. The van der Waals surface area contributed by atoms with E-state index in [1.165, 1.54) is 83.8 Å². The van der Waals surface area contributed by atoms with Crippen LogP contribution in [0.15, 0.2) is 11.1 Å². The van der Waals surface area contributed by atoms with Crippen molar-refractivity contribution in [2.24, 2.45) is 29.6 Å². The van der Waals surface area contributed by atoms with Crippen LogP contribution in [0.2, 0.25) is 0 Å². The van der Waals surface area contributed by atoms with Gasteiger partial charge in [0.25, 0.3) is 0 Å². The standard InChI is InChI=1S/C28H55N/c1-9-11-13-14-15-17-26-27(22(3)4)21-29(19-18-24(7)16-12-10-2)20-25(8)28(26)23(5)6/h22-25,28H,9-21H2,1-8H3. The van der Waals surface area contributed by atoms with Crippen LogP contribution in [-0.4, -0.2) is 24.5 Å². The quantitative estimate of drug-likeness (QED) is 0.206. The number of nitrogens with zero attached hydrogens (tertiary/aromatic N) is 1. The first kappa shape index (κ1) is 26.7. The highest BCUT2D eigenvalue weighted by atomic mass is 15.1. The average Bonchev–Trinajstić information content (AvgIpc) is 2.80. The first-order chi connectivity index (χ1) is 13.8. The normalized spacial score (nSPS) is 22.6. The van der Waals surface area contributed by atoms with E-state index in [2.05, 4.69) is 60.3 Å². The maximum absolute atomic E-state index is 2.82. The molecule has 0 bridgehead atoms. The van der Waals surface area contributed by atoms with E-state index in [9.17, 15) is 0 Å². The van der Waals surface area contributed by atoms with Crippen molar-refractivity contribution < 1.29 is 0 Å². The number of unbranched alkanes of at least 4 members (excludes halogenated alkanes) is 5. The van der Waals surface area contributed by atoms with E-state index >= 15 is 0 Å². The van der Waals surface area contributed by atoms with E-state index in [0.29, 0.717) is 5.92 Å². The Balaban J connectivity index is 2.91. The number of rotatable bonds is 14. The molecule has 0 aliphatic carbocycles. The first-order valence-electron chi connectivity index (χ1n) is 13.3. The molecule has 0 saturated heterocycles. The van der Waals surface area contributed by atoms with Crippen LogP contribution in [0, 0.1) is 29.6 Å². The summed E-state index contributed by atoms with van der Waals surface area (Å²) in [5, 5.41) is 0. The molecular formula is C28H55N. The summed E-state index contributed by atoms with van der Waals surface area (Å²) >= 11 is 0. The molecule has 0 spiro atoms. The Kier molecular flexibility index (Phi) is 13.5. The van der Waals surface area contributed by atoms with E-state index < -0.39 is 0 Å². The zero-order valence-electron chi connectivity index (χ0n) is 21.5. The van der Waals surface area contributed by atoms with Crippen molar-refractivity contribution in [3.8, 4) is 0 Å². The van der Waals surface area contributed by atoms with E-state index in [4.69, 9.17) is 0 Å². The lowest BCUT2D eigenvalue weighted by Gasteiger charge is -2.31. The van der Waals surface area contributed by atoms with Gasteiger partial charge in [-0.1, -0.05) is 111 Å². The van der Waals surface area contributed by atoms with Gasteiger partial charge in [0, 0.05) is 13.1 Å². The molecule has 0 saturated carbocycles. The molecule has 3 atom stereocenters. The minimum absolute atomic E-state index is 0.687. The summed E-state index contributed by atoms with van der Waals surface area (Å²) in [6.45, 7) is 23.3.